The van der Waals surface area contributed by atoms with Crippen molar-refractivity contribution in [2.75, 3.05) is 30.8 Å². The molecule has 2 saturated carbocycles. The largest absolute Gasteiger partial charge is 0.454 e. The van der Waals surface area contributed by atoms with Gasteiger partial charge in [0.15, 0.2) is 6.61 Å². The molecule has 4 N–H and O–H groups in total. The number of rotatable bonds is 12. The third-order valence-electron chi connectivity index (χ3n) is 6.95. The number of aromatic nitrogens is 3. The molecule has 1 aromatic carbocycles. The van der Waals surface area contributed by atoms with Gasteiger partial charge in [-0.05, 0) is 75.4 Å². The van der Waals surface area contributed by atoms with Crippen molar-refractivity contribution >= 4 is 41.0 Å². The zero-order chi connectivity index (χ0) is 29.8. The fourth-order valence-corrected chi connectivity index (χ4v) is 4.18. The number of anilines is 3. The lowest BCUT2D eigenvalue weighted by molar-refractivity contribution is -0.154. The Balaban J connectivity index is 1.47. The summed E-state index contributed by atoms with van der Waals surface area (Å²) in [6.45, 7) is 2.34. The fraction of sp³-hybridized carbons (Fsp3) is 0.444. The highest BCUT2D eigenvalue weighted by molar-refractivity contribution is 6.29. The number of carbonyl (C=O) groups excluding carboxylic acids is 2. The summed E-state index contributed by atoms with van der Waals surface area (Å²) in [5, 5.41) is 12.1. The standard InChI is InChI=1S/C27H31ClF3N7O3/c1-16(4-5-17(2)28)26(12-13-26)38-23-35-22(36-24(37-23)41-15-27(29,30)31)34-19-8-6-18(7-9-19)20(39)33-14-25(10-11-25)21(40)32-3/h4-9H,10-15H2,1-3H3,(H,32,40)(H,33,39)(H2,34,35,36,37,38)/b16-4+,17-5+. The number of nitrogens with one attached hydrogen (secondary N) is 4. The van der Waals surface area contributed by atoms with Crippen LogP contribution in [0, 0.1) is 5.41 Å². The number of nitrogens with zero attached hydrogens (tertiary/aromatic N) is 3. The molecule has 0 aliphatic heterocycles. The lowest BCUT2D eigenvalue weighted by Gasteiger charge is -2.19. The number of allylic oxidation sites excluding steroid dienone is 3. The second-order valence-corrected chi connectivity index (χ2v) is 10.8. The van der Waals surface area contributed by atoms with Gasteiger partial charge in [-0.15, -0.1) is 0 Å². The van der Waals surface area contributed by atoms with Gasteiger partial charge in [0, 0.05) is 29.9 Å². The third kappa shape index (κ3) is 8.09. The van der Waals surface area contributed by atoms with E-state index in [1.165, 1.54) is 0 Å². The van der Waals surface area contributed by atoms with Crippen LogP contribution in [0.2, 0.25) is 0 Å². The fourth-order valence-electron chi connectivity index (χ4n) is 4.12. The third-order valence-corrected chi connectivity index (χ3v) is 7.08. The van der Waals surface area contributed by atoms with E-state index in [1.807, 2.05) is 13.0 Å². The van der Waals surface area contributed by atoms with Crippen LogP contribution in [0.3, 0.4) is 0 Å². The molecule has 0 spiro atoms. The maximum atomic E-state index is 12.8. The van der Waals surface area contributed by atoms with Gasteiger partial charge in [0.25, 0.3) is 5.91 Å². The highest BCUT2D eigenvalue weighted by Gasteiger charge is 2.49. The summed E-state index contributed by atoms with van der Waals surface area (Å²) in [7, 11) is 1.57. The van der Waals surface area contributed by atoms with Crippen molar-refractivity contribution in [2.24, 2.45) is 5.41 Å². The molecule has 0 saturated heterocycles. The van der Waals surface area contributed by atoms with Gasteiger partial charge in [0.1, 0.15) is 0 Å². The molecule has 10 nitrogen and oxygen atoms in total. The molecule has 0 radical (unpaired) electrons. The number of carbonyl (C=O) groups is 2. The summed E-state index contributed by atoms with van der Waals surface area (Å²) in [5.74, 6) is -0.439. The maximum Gasteiger partial charge on any atom is 0.422 e. The second kappa shape index (κ2) is 11.9. The van der Waals surface area contributed by atoms with Gasteiger partial charge in [0.2, 0.25) is 17.8 Å². The molecule has 41 heavy (non-hydrogen) atoms. The van der Waals surface area contributed by atoms with Crippen LogP contribution in [-0.4, -0.2) is 58.7 Å². The lowest BCUT2D eigenvalue weighted by Crippen LogP contribution is -2.39. The van der Waals surface area contributed by atoms with Crippen LogP contribution in [0.25, 0.3) is 0 Å². The Morgan fingerprint density at radius 3 is 2.24 bits per heavy atom. The van der Waals surface area contributed by atoms with Crippen LogP contribution < -0.4 is 26.0 Å². The average Bonchev–Trinajstić information content (AvgIpc) is 3.86. The van der Waals surface area contributed by atoms with Crippen molar-refractivity contribution < 1.29 is 27.5 Å². The Hall–Kier alpha value is -3.87. The first-order valence-corrected chi connectivity index (χ1v) is 13.3. The van der Waals surface area contributed by atoms with Crippen LogP contribution in [0.4, 0.5) is 30.8 Å². The molecule has 2 aromatic rings. The molecule has 14 heteroatoms. The smallest absolute Gasteiger partial charge is 0.422 e. The monoisotopic (exact) mass is 593 g/mol. The molecular formula is C27H31ClF3N7O3. The Morgan fingerprint density at radius 2 is 1.68 bits per heavy atom. The van der Waals surface area contributed by atoms with E-state index in [0.29, 0.717) is 29.1 Å². The van der Waals surface area contributed by atoms with E-state index in [9.17, 15) is 22.8 Å². The number of halogens is 4. The summed E-state index contributed by atoms with van der Waals surface area (Å²) in [5.41, 5.74) is 0.797. The minimum absolute atomic E-state index is 0.0395. The van der Waals surface area contributed by atoms with Gasteiger partial charge in [-0.25, -0.2) is 0 Å². The number of alkyl halides is 3. The molecule has 1 heterocycles. The van der Waals surface area contributed by atoms with Crippen molar-refractivity contribution in [3.63, 3.8) is 0 Å². The summed E-state index contributed by atoms with van der Waals surface area (Å²) in [6.07, 6.45) is 2.02. The van der Waals surface area contributed by atoms with E-state index >= 15 is 0 Å². The predicted octanol–water partition coefficient (Wildman–Crippen LogP) is 4.85. The van der Waals surface area contributed by atoms with Crippen LogP contribution in [0.1, 0.15) is 49.9 Å². The minimum atomic E-state index is -4.58. The van der Waals surface area contributed by atoms with Crippen LogP contribution in [0.15, 0.2) is 47.0 Å². The van der Waals surface area contributed by atoms with Crippen molar-refractivity contribution in [3.05, 3.63) is 52.6 Å². The SMILES string of the molecule is CNC(=O)C1(CNC(=O)c2ccc(Nc3nc(NC4(/C(C)=C/C=C(\C)Cl)CC4)nc(OCC(F)(F)F)n3)cc2)CC1. The normalized spacial score (nSPS) is 17.3. The van der Waals surface area contributed by atoms with Crippen molar-refractivity contribution in [1.82, 2.24) is 25.6 Å². The molecule has 1 aromatic heterocycles. The molecule has 2 aliphatic rings. The first kappa shape index (κ1) is 30.1. The minimum Gasteiger partial charge on any atom is -0.454 e. The lowest BCUT2D eigenvalue weighted by atomic mass is 10.1. The van der Waals surface area contributed by atoms with Crippen molar-refractivity contribution in [1.29, 1.82) is 0 Å². The number of hydrogen-bond acceptors (Lipinski definition) is 8. The van der Waals surface area contributed by atoms with E-state index < -0.39 is 29.7 Å². The van der Waals surface area contributed by atoms with Gasteiger partial charge < -0.3 is 26.0 Å². The first-order valence-electron chi connectivity index (χ1n) is 13.0. The van der Waals surface area contributed by atoms with E-state index in [4.69, 9.17) is 16.3 Å². The van der Waals surface area contributed by atoms with Gasteiger partial charge >= 0.3 is 12.2 Å². The number of ether oxygens (including phenoxy) is 1. The molecule has 2 fully saturated rings. The zero-order valence-corrected chi connectivity index (χ0v) is 23.5. The number of benzene rings is 1. The summed E-state index contributed by atoms with van der Waals surface area (Å²) in [4.78, 5) is 36.9. The Labute approximate surface area is 240 Å². The molecule has 2 aliphatic carbocycles. The highest BCUT2D eigenvalue weighted by atomic mass is 35.5. The maximum absolute atomic E-state index is 12.8. The number of amides is 2. The van der Waals surface area contributed by atoms with Crippen LogP contribution in [0.5, 0.6) is 6.01 Å². The van der Waals surface area contributed by atoms with Crippen LogP contribution in [-0.2, 0) is 4.79 Å². The predicted molar refractivity (Wildman–Crippen MR) is 148 cm³/mol. The Bertz CT molecular complexity index is 1350. The van der Waals surface area contributed by atoms with E-state index in [1.54, 1.807) is 44.3 Å². The summed E-state index contributed by atoms with van der Waals surface area (Å²) in [6, 6.07) is 5.83. The second-order valence-electron chi connectivity index (χ2n) is 10.2. The van der Waals surface area contributed by atoms with Crippen molar-refractivity contribution in [3.8, 4) is 6.01 Å². The quantitative estimate of drug-likeness (QED) is 0.257. The first-order chi connectivity index (χ1) is 19.3. The molecule has 0 unspecified atom stereocenters. The molecule has 0 atom stereocenters. The number of hydrogen-bond donors (Lipinski definition) is 4. The van der Waals surface area contributed by atoms with Gasteiger partial charge in [-0.3, -0.25) is 9.59 Å². The summed E-state index contributed by atoms with van der Waals surface area (Å²) < 4.78 is 43.2. The van der Waals surface area contributed by atoms with Gasteiger partial charge in [-0.1, -0.05) is 17.7 Å². The molecule has 0 bridgehead atoms. The summed E-state index contributed by atoms with van der Waals surface area (Å²) >= 11 is 5.93. The molecule has 2 amide bonds. The van der Waals surface area contributed by atoms with Gasteiger partial charge in [0.05, 0.1) is 11.0 Å². The Kier molecular flexibility index (Phi) is 8.76. The van der Waals surface area contributed by atoms with E-state index in [2.05, 4.69) is 36.2 Å². The zero-order valence-electron chi connectivity index (χ0n) is 22.8. The van der Waals surface area contributed by atoms with E-state index in [-0.39, 0.29) is 30.3 Å². The molecule has 220 valence electrons. The van der Waals surface area contributed by atoms with E-state index in [0.717, 1.165) is 18.4 Å². The average molecular weight is 594 g/mol. The van der Waals surface area contributed by atoms with Gasteiger partial charge in [-0.2, -0.15) is 28.1 Å². The topological polar surface area (TPSA) is 130 Å². The molecule has 4 rings (SSSR count). The van der Waals surface area contributed by atoms with Crippen molar-refractivity contribution in [2.45, 2.75) is 51.2 Å². The highest BCUT2D eigenvalue weighted by Crippen LogP contribution is 2.45. The van der Waals surface area contributed by atoms with Crippen LogP contribution >= 0.6 is 11.6 Å². The Morgan fingerprint density at radius 1 is 1.02 bits per heavy atom. The molecular weight excluding hydrogens is 563 g/mol.